The van der Waals surface area contributed by atoms with Gasteiger partial charge in [0, 0.05) is 5.33 Å². The number of esters is 1. The normalized spacial score (nSPS) is 9.93. The number of hydrogen-bond donors (Lipinski definition) is 0. The summed E-state index contributed by atoms with van der Waals surface area (Å²) in [6, 6.07) is 5.35. The molecule has 0 N–H and O–H groups in total. The molecule has 1 aromatic carbocycles. The molecule has 0 aliphatic rings. The van der Waals surface area contributed by atoms with Gasteiger partial charge in [0.05, 0.1) is 17.7 Å². The van der Waals surface area contributed by atoms with Crippen LogP contribution in [0, 0.1) is 0 Å². The van der Waals surface area contributed by atoms with Gasteiger partial charge in [0.15, 0.2) is 0 Å². The van der Waals surface area contributed by atoms with Crippen molar-refractivity contribution in [3.8, 4) is 0 Å². The Bertz CT molecular complexity index is 339. The highest BCUT2D eigenvalue weighted by atomic mass is 79.9. The summed E-state index contributed by atoms with van der Waals surface area (Å²) in [5.41, 5.74) is 1.51. The average molecular weight is 278 g/mol. The van der Waals surface area contributed by atoms with Gasteiger partial charge in [-0.05, 0) is 24.1 Å². The van der Waals surface area contributed by atoms with Crippen molar-refractivity contribution in [2.45, 2.75) is 6.42 Å². The number of alkyl halides is 1. The lowest BCUT2D eigenvalue weighted by Crippen LogP contribution is -2.02. The average Bonchev–Trinajstić information content (AvgIpc) is 2.17. The standard InChI is InChI=1S/C10H10BrClO2/c1-14-10(13)8-3-2-7(4-5-11)6-9(8)12/h2-3,6H,4-5H2,1H3. The van der Waals surface area contributed by atoms with Crippen LogP contribution in [0.4, 0.5) is 0 Å². The van der Waals surface area contributed by atoms with Gasteiger partial charge in [-0.15, -0.1) is 0 Å². The van der Waals surface area contributed by atoms with Crippen molar-refractivity contribution in [3.05, 3.63) is 34.3 Å². The van der Waals surface area contributed by atoms with Gasteiger partial charge in [-0.25, -0.2) is 4.79 Å². The van der Waals surface area contributed by atoms with Crippen LogP contribution in [-0.2, 0) is 11.2 Å². The molecule has 14 heavy (non-hydrogen) atoms. The summed E-state index contributed by atoms with van der Waals surface area (Å²) in [6.07, 6.45) is 0.890. The minimum absolute atomic E-state index is 0.402. The fraction of sp³-hybridized carbons (Fsp3) is 0.300. The van der Waals surface area contributed by atoms with Gasteiger partial charge in [0.25, 0.3) is 0 Å². The molecular weight excluding hydrogens is 267 g/mol. The second kappa shape index (κ2) is 5.37. The SMILES string of the molecule is COC(=O)c1ccc(CCBr)cc1Cl. The van der Waals surface area contributed by atoms with Crippen LogP contribution < -0.4 is 0 Å². The Morgan fingerprint density at radius 2 is 2.29 bits per heavy atom. The number of carbonyl (C=O) groups excluding carboxylic acids is 1. The van der Waals surface area contributed by atoms with E-state index in [4.69, 9.17) is 11.6 Å². The van der Waals surface area contributed by atoms with E-state index in [1.165, 1.54) is 7.11 Å². The van der Waals surface area contributed by atoms with E-state index in [9.17, 15) is 4.79 Å². The molecule has 0 spiro atoms. The molecule has 0 amide bonds. The topological polar surface area (TPSA) is 26.3 Å². The third kappa shape index (κ3) is 2.72. The fourth-order valence-corrected chi connectivity index (χ4v) is 1.84. The smallest absolute Gasteiger partial charge is 0.339 e. The van der Waals surface area contributed by atoms with Gasteiger partial charge in [-0.1, -0.05) is 33.6 Å². The summed E-state index contributed by atoms with van der Waals surface area (Å²) in [5.74, 6) is -0.402. The van der Waals surface area contributed by atoms with Crippen LogP contribution in [0.5, 0.6) is 0 Å². The number of hydrogen-bond acceptors (Lipinski definition) is 2. The molecular formula is C10H10BrClO2. The Morgan fingerprint density at radius 3 is 2.79 bits per heavy atom. The highest BCUT2D eigenvalue weighted by molar-refractivity contribution is 9.09. The van der Waals surface area contributed by atoms with E-state index in [-0.39, 0.29) is 0 Å². The molecule has 0 bridgehead atoms. The van der Waals surface area contributed by atoms with Crippen LogP contribution in [0.25, 0.3) is 0 Å². The van der Waals surface area contributed by atoms with Crippen LogP contribution in [0.1, 0.15) is 15.9 Å². The Hall–Kier alpha value is -0.540. The number of carbonyl (C=O) groups is 1. The van der Waals surface area contributed by atoms with Crippen LogP contribution in [0.15, 0.2) is 18.2 Å². The summed E-state index contributed by atoms with van der Waals surface area (Å²) >= 11 is 9.26. The lowest BCUT2D eigenvalue weighted by atomic mass is 10.1. The van der Waals surface area contributed by atoms with Crippen molar-refractivity contribution in [2.24, 2.45) is 0 Å². The number of benzene rings is 1. The van der Waals surface area contributed by atoms with Crippen molar-refractivity contribution in [1.82, 2.24) is 0 Å². The molecule has 0 radical (unpaired) electrons. The minimum atomic E-state index is -0.402. The first-order chi connectivity index (χ1) is 6.69. The highest BCUT2D eigenvalue weighted by Crippen LogP contribution is 2.19. The van der Waals surface area contributed by atoms with Gasteiger partial charge in [0.1, 0.15) is 0 Å². The van der Waals surface area contributed by atoms with Crippen molar-refractivity contribution in [2.75, 3.05) is 12.4 Å². The predicted octanol–water partition coefficient (Wildman–Crippen LogP) is 3.06. The molecule has 0 saturated carbocycles. The molecule has 76 valence electrons. The first-order valence-corrected chi connectivity index (χ1v) is 5.61. The molecule has 4 heteroatoms. The van der Waals surface area contributed by atoms with Gasteiger partial charge in [-0.2, -0.15) is 0 Å². The number of ether oxygens (including phenoxy) is 1. The van der Waals surface area contributed by atoms with E-state index < -0.39 is 5.97 Å². The van der Waals surface area contributed by atoms with E-state index in [1.807, 2.05) is 6.07 Å². The Balaban J connectivity index is 2.95. The Morgan fingerprint density at radius 1 is 1.57 bits per heavy atom. The second-order valence-electron chi connectivity index (χ2n) is 2.74. The molecule has 2 nitrogen and oxygen atoms in total. The number of methoxy groups -OCH3 is 1. The number of rotatable bonds is 3. The molecule has 0 unspecified atom stereocenters. The fourth-order valence-electron chi connectivity index (χ4n) is 1.10. The van der Waals surface area contributed by atoms with E-state index in [2.05, 4.69) is 20.7 Å². The molecule has 0 atom stereocenters. The lowest BCUT2D eigenvalue weighted by molar-refractivity contribution is 0.0601. The predicted molar refractivity (Wildman–Crippen MR) is 60.3 cm³/mol. The zero-order chi connectivity index (χ0) is 10.6. The van der Waals surface area contributed by atoms with Crippen LogP contribution in [0.2, 0.25) is 5.02 Å². The molecule has 0 saturated heterocycles. The molecule has 1 aromatic rings. The van der Waals surface area contributed by atoms with E-state index in [1.54, 1.807) is 12.1 Å². The summed E-state index contributed by atoms with van der Waals surface area (Å²) in [5, 5.41) is 1.32. The maximum absolute atomic E-state index is 11.2. The van der Waals surface area contributed by atoms with Crippen LogP contribution >= 0.6 is 27.5 Å². The van der Waals surface area contributed by atoms with E-state index in [0.29, 0.717) is 10.6 Å². The summed E-state index contributed by atoms with van der Waals surface area (Å²) in [6.45, 7) is 0. The maximum Gasteiger partial charge on any atom is 0.339 e. The van der Waals surface area contributed by atoms with Gasteiger partial charge in [0.2, 0.25) is 0 Å². The second-order valence-corrected chi connectivity index (χ2v) is 3.94. The molecule has 0 aliphatic carbocycles. The molecule has 0 fully saturated rings. The van der Waals surface area contributed by atoms with Gasteiger partial charge >= 0.3 is 5.97 Å². The Labute approximate surface area is 96.3 Å². The van der Waals surface area contributed by atoms with Crippen molar-refractivity contribution in [1.29, 1.82) is 0 Å². The van der Waals surface area contributed by atoms with Gasteiger partial charge < -0.3 is 4.74 Å². The Kier molecular flexibility index (Phi) is 4.42. The number of halogens is 2. The summed E-state index contributed by atoms with van der Waals surface area (Å²) in [7, 11) is 1.34. The zero-order valence-electron chi connectivity index (χ0n) is 7.72. The third-order valence-corrected chi connectivity index (χ3v) is 2.53. The molecule has 0 aliphatic heterocycles. The first-order valence-electron chi connectivity index (χ1n) is 4.11. The van der Waals surface area contributed by atoms with Crippen molar-refractivity contribution in [3.63, 3.8) is 0 Å². The lowest BCUT2D eigenvalue weighted by Gasteiger charge is -2.04. The quantitative estimate of drug-likeness (QED) is 0.627. The molecule has 1 rings (SSSR count). The van der Waals surface area contributed by atoms with Crippen LogP contribution in [0.3, 0.4) is 0 Å². The third-order valence-electron chi connectivity index (χ3n) is 1.82. The van der Waals surface area contributed by atoms with E-state index >= 15 is 0 Å². The van der Waals surface area contributed by atoms with Crippen LogP contribution in [-0.4, -0.2) is 18.4 Å². The van der Waals surface area contributed by atoms with Crippen molar-refractivity contribution < 1.29 is 9.53 Å². The zero-order valence-corrected chi connectivity index (χ0v) is 10.1. The summed E-state index contributed by atoms with van der Waals surface area (Å²) in [4.78, 5) is 11.2. The molecule has 0 heterocycles. The first kappa shape index (κ1) is 11.5. The number of aryl methyl sites for hydroxylation is 1. The van der Waals surface area contributed by atoms with E-state index in [0.717, 1.165) is 17.3 Å². The molecule has 0 aromatic heterocycles. The highest BCUT2D eigenvalue weighted by Gasteiger charge is 2.10. The monoisotopic (exact) mass is 276 g/mol. The summed E-state index contributed by atoms with van der Waals surface area (Å²) < 4.78 is 4.58. The van der Waals surface area contributed by atoms with Gasteiger partial charge in [-0.3, -0.25) is 0 Å². The minimum Gasteiger partial charge on any atom is -0.465 e. The van der Waals surface area contributed by atoms with Crippen molar-refractivity contribution >= 4 is 33.5 Å². The largest absolute Gasteiger partial charge is 0.465 e. The maximum atomic E-state index is 11.2.